The zero-order valence-electron chi connectivity index (χ0n) is 10.0. The number of nitrogens with zero attached hydrogens (tertiary/aromatic N) is 1. The number of fused-ring (bicyclic) bond motifs is 1. The number of nitrogens with one attached hydrogen (secondary N) is 1. The maximum absolute atomic E-state index is 6.14. The van der Waals surface area contributed by atoms with Crippen LogP contribution in [0.1, 0.15) is 12.8 Å². The molecule has 1 atom stereocenters. The highest BCUT2D eigenvalue weighted by Crippen LogP contribution is 2.27. The molecule has 1 aromatic carbocycles. The van der Waals surface area contributed by atoms with Gasteiger partial charge < -0.3 is 10.1 Å². The molecule has 1 aliphatic heterocycles. The van der Waals surface area contributed by atoms with Gasteiger partial charge in [0.25, 0.3) is 0 Å². The third-order valence-corrected chi connectivity index (χ3v) is 3.41. The van der Waals surface area contributed by atoms with Gasteiger partial charge in [0.2, 0.25) is 0 Å². The minimum Gasteiger partial charge on any atom is -0.379 e. The molecule has 0 aliphatic carbocycles. The average Bonchev–Trinajstić information content (AvgIpc) is 2.40. The SMILES string of the molecule is Clc1cc(NC2CCCOC2)c2ncccc2c1. The molecule has 1 aliphatic rings. The molecule has 1 unspecified atom stereocenters. The van der Waals surface area contributed by atoms with Gasteiger partial charge in [0.15, 0.2) is 0 Å². The number of pyridine rings is 1. The minimum atomic E-state index is 0.349. The van der Waals surface area contributed by atoms with E-state index in [4.69, 9.17) is 16.3 Å². The molecular weight excluding hydrogens is 248 g/mol. The molecule has 0 radical (unpaired) electrons. The van der Waals surface area contributed by atoms with Gasteiger partial charge in [-0.2, -0.15) is 0 Å². The second kappa shape index (κ2) is 5.12. The van der Waals surface area contributed by atoms with E-state index >= 15 is 0 Å². The summed E-state index contributed by atoms with van der Waals surface area (Å²) in [4.78, 5) is 4.43. The zero-order valence-corrected chi connectivity index (χ0v) is 10.8. The lowest BCUT2D eigenvalue weighted by atomic mass is 10.1. The quantitative estimate of drug-likeness (QED) is 0.900. The van der Waals surface area contributed by atoms with Gasteiger partial charge in [-0.3, -0.25) is 4.98 Å². The molecule has 0 spiro atoms. The molecule has 18 heavy (non-hydrogen) atoms. The molecule has 94 valence electrons. The lowest BCUT2D eigenvalue weighted by Crippen LogP contribution is -2.30. The summed E-state index contributed by atoms with van der Waals surface area (Å²) in [5.41, 5.74) is 1.96. The number of halogens is 1. The van der Waals surface area contributed by atoms with Crippen LogP contribution in [0.15, 0.2) is 30.5 Å². The third-order valence-electron chi connectivity index (χ3n) is 3.19. The van der Waals surface area contributed by atoms with Gasteiger partial charge in [-0.05, 0) is 31.0 Å². The molecule has 4 heteroatoms. The Morgan fingerprint density at radius 3 is 3.17 bits per heavy atom. The fourth-order valence-corrected chi connectivity index (χ4v) is 2.57. The van der Waals surface area contributed by atoms with E-state index in [1.807, 2.05) is 24.3 Å². The summed E-state index contributed by atoms with van der Waals surface area (Å²) in [5.74, 6) is 0. The molecule has 1 saturated heterocycles. The first-order chi connectivity index (χ1) is 8.83. The summed E-state index contributed by atoms with van der Waals surface area (Å²) in [6.07, 6.45) is 4.03. The smallest absolute Gasteiger partial charge is 0.0934 e. The van der Waals surface area contributed by atoms with E-state index in [0.29, 0.717) is 6.04 Å². The number of rotatable bonds is 2. The van der Waals surface area contributed by atoms with Crippen LogP contribution in [0, 0.1) is 0 Å². The summed E-state index contributed by atoms with van der Waals surface area (Å²) in [7, 11) is 0. The van der Waals surface area contributed by atoms with Gasteiger partial charge in [-0.25, -0.2) is 0 Å². The van der Waals surface area contributed by atoms with Crippen molar-refractivity contribution in [1.82, 2.24) is 4.98 Å². The molecule has 1 N–H and O–H groups in total. The molecule has 2 heterocycles. The monoisotopic (exact) mass is 262 g/mol. The Labute approximate surface area is 111 Å². The van der Waals surface area contributed by atoms with Crippen LogP contribution in [0.5, 0.6) is 0 Å². The van der Waals surface area contributed by atoms with Gasteiger partial charge >= 0.3 is 0 Å². The molecule has 2 aromatic rings. The Kier molecular flexibility index (Phi) is 3.35. The molecule has 1 aromatic heterocycles. The molecule has 0 saturated carbocycles. The van der Waals surface area contributed by atoms with Crippen LogP contribution in [-0.2, 0) is 4.74 Å². The van der Waals surface area contributed by atoms with E-state index in [9.17, 15) is 0 Å². The molecule has 3 nitrogen and oxygen atoms in total. The maximum atomic E-state index is 6.14. The van der Waals surface area contributed by atoms with Crippen molar-refractivity contribution >= 4 is 28.2 Å². The number of benzene rings is 1. The lowest BCUT2D eigenvalue weighted by molar-refractivity contribution is 0.0876. The van der Waals surface area contributed by atoms with Crippen LogP contribution in [0.3, 0.4) is 0 Å². The molecule has 3 rings (SSSR count). The van der Waals surface area contributed by atoms with Crippen LogP contribution in [0.4, 0.5) is 5.69 Å². The van der Waals surface area contributed by atoms with Crippen LogP contribution < -0.4 is 5.32 Å². The Hall–Kier alpha value is -1.32. The van der Waals surface area contributed by atoms with Crippen molar-refractivity contribution in [2.75, 3.05) is 18.5 Å². The lowest BCUT2D eigenvalue weighted by Gasteiger charge is -2.24. The molecule has 1 fully saturated rings. The van der Waals surface area contributed by atoms with E-state index in [0.717, 1.165) is 47.7 Å². The summed E-state index contributed by atoms with van der Waals surface area (Å²) in [5, 5.41) is 5.28. The van der Waals surface area contributed by atoms with Crippen LogP contribution in [-0.4, -0.2) is 24.2 Å². The summed E-state index contributed by atoms with van der Waals surface area (Å²) in [6.45, 7) is 1.62. The maximum Gasteiger partial charge on any atom is 0.0934 e. The van der Waals surface area contributed by atoms with E-state index < -0.39 is 0 Å². The second-order valence-electron chi connectivity index (χ2n) is 4.59. The van der Waals surface area contributed by atoms with Gasteiger partial charge in [-0.1, -0.05) is 17.7 Å². The van der Waals surface area contributed by atoms with Crippen molar-refractivity contribution in [3.63, 3.8) is 0 Å². The van der Waals surface area contributed by atoms with E-state index in [2.05, 4.69) is 10.3 Å². The van der Waals surface area contributed by atoms with Gasteiger partial charge in [0.05, 0.1) is 17.8 Å². The van der Waals surface area contributed by atoms with Crippen molar-refractivity contribution in [1.29, 1.82) is 0 Å². The second-order valence-corrected chi connectivity index (χ2v) is 5.02. The highest BCUT2D eigenvalue weighted by atomic mass is 35.5. The van der Waals surface area contributed by atoms with Crippen molar-refractivity contribution < 1.29 is 4.74 Å². The number of anilines is 1. The number of aromatic nitrogens is 1. The fraction of sp³-hybridized carbons (Fsp3) is 0.357. The van der Waals surface area contributed by atoms with Crippen molar-refractivity contribution in [3.05, 3.63) is 35.5 Å². The zero-order chi connectivity index (χ0) is 12.4. The minimum absolute atomic E-state index is 0.349. The normalized spacial score (nSPS) is 19.9. The van der Waals surface area contributed by atoms with Crippen LogP contribution >= 0.6 is 11.6 Å². The predicted octanol–water partition coefficient (Wildman–Crippen LogP) is 3.48. The Morgan fingerprint density at radius 2 is 2.33 bits per heavy atom. The summed E-state index contributed by atoms with van der Waals surface area (Å²) >= 11 is 6.14. The largest absolute Gasteiger partial charge is 0.379 e. The van der Waals surface area contributed by atoms with Gasteiger partial charge in [0.1, 0.15) is 0 Å². The number of hydrogen-bond donors (Lipinski definition) is 1. The van der Waals surface area contributed by atoms with E-state index in [1.54, 1.807) is 6.20 Å². The number of hydrogen-bond acceptors (Lipinski definition) is 3. The van der Waals surface area contributed by atoms with Gasteiger partial charge in [0, 0.05) is 29.3 Å². The highest BCUT2D eigenvalue weighted by molar-refractivity contribution is 6.31. The Balaban J connectivity index is 1.94. The van der Waals surface area contributed by atoms with E-state index in [-0.39, 0.29) is 0 Å². The van der Waals surface area contributed by atoms with Gasteiger partial charge in [-0.15, -0.1) is 0 Å². The Bertz CT molecular complexity index is 552. The number of ether oxygens (including phenoxy) is 1. The van der Waals surface area contributed by atoms with Crippen LogP contribution in [0.2, 0.25) is 5.02 Å². The van der Waals surface area contributed by atoms with Crippen molar-refractivity contribution in [2.24, 2.45) is 0 Å². The first kappa shape index (κ1) is 11.8. The van der Waals surface area contributed by atoms with Crippen molar-refractivity contribution in [3.8, 4) is 0 Å². The molecule has 0 amide bonds. The first-order valence-electron chi connectivity index (χ1n) is 6.21. The fourth-order valence-electron chi connectivity index (χ4n) is 2.34. The van der Waals surface area contributed by atoms with Crippen molar-refractivity contribution in [2.45, 2.75) is 18.9 Å². The highest BCUT2D eigenvalue weighted by Gasteiger charge is 2.15. The third kappa shape index (κ3) is 2.42. The first-order valence-corrected chi connectivity index (χ1v) is 6.59. The topological polar surface area (TPSA) is 34.1 Å². The summed E-state index contributed by atoms with van der Waals surface area (Å²) < 4.78 is 5.48. The van der Waals surface area contributed by atoms with Crippen LogP contribution in [0.25, 0.3) is 10.9 Å². The molecular formula is C14H15ClN2O. The Morgan fingerprint density at radius 1 is 1.39 bits per heavy atom. The standard InChI is InChI=1S/C14H15ClN2O/c15-11-7-10-3-1-5-16-14(10)13(8-11)17-12-4-2-6-18-9-12/h1,3,5,7-8,12,17H,2,4,6,9H2. The predicted molar refractivity (Wildman–Crippen MR) is 74.2 cm³/mol. The van der Waals surface area contributed by atoms with E-state index in [1.165, 1.54) is 0 Å². The summed E-state index contributed by atoms with van der Waals surface area (Å²) in [6, 6.07) is 8.17. The molecule has 0 bridgehead atoms. The average molecular weight is 263 g/mol.